The average Bonchev–Trinajstić information content (AvgIpc) is 3.37. The molecule has 1 heterocycles. The Morgan fingerprint density at radius 2 is 1.69 bits per heavy atom. The van der Waals surface area contributed by atoms with E-state index in [0.29, 0.717) is 6.42 Å². The summed E-state index contributed by atoms with van der Waals surface area (Å²) in [5.41, 5.74) is 4.60. The van der Waals surface area contributed by atoms with Gasteiger partial charge in [-0.1, -0.05) is 68.8 Å². The van der Waals surface area contributed by atoms with Crippen molar-refractivity contribution in [3.8, 4) is 11.1 Å². The van der Waals surface area contributed by atoms with Crippen LogP contribution in [0.2, 0.25) is 0 Å². The largest absolute Gasteiger partial charge is 0.480 e. The van der Waals surface area contributed by atoms with E-state index in [1.54, 1.807) is 6.92 Å². The first-order valence-electron chi connectivity index (χ1n) is 11.5. The van der Waals surface area contributed by atoms with Crippen molar-refractivity contribution in [2.24, 2.45) is 13.0 Å². The number of anilines is 1. The van der Waals surface area contributed by atoms with Crippen molar-refractivity contribution >= 4 is 23.8 Å². The smallest absolute Gasteiger partial charge is 0.412 e. The minimum absolute atomic E-state index is 0.0771. The fourth-order valence-electron chi connectivity index (χ4n) is 4.38. The van der Waals surface area contributed by atoms with Gasteiger partial charge in [-0.3, -0.25) is 14.8 Å². The highest BCUT2D eigenvalue weighted by Gasteiger charge is 2.30. The molecule has 0 radical (unpaired) electrons. The Labute approximate surface area is 203 Å². The zero-order chi connectivity index (χ0) is 25.1. The molecule has 4 rings (SSSR count). The monoisotopic (exact) mass is 476 g/mol. The molecule has 182 valence electrons. The second-order valence-electron chi connectivity index (χ2n) is 8.66. The number of carboxylic acids is 1. The van der Waals surface area contributed by atoms with Gasteiger partial charge in [0.2, 0.25) is 0 Å². The summed E-state index contributed by atoms with van der Waals surface area (Å²) >= 11 is 0. The van der Waals surface area contributed by atoms with E-state index in [-0.39, 0.29) is 30.0 Å². The number of nitrogens with one attached hydrogen (secondary N) is 2. The Morgan fingerprint density at radius 1 is 1.09 bits per heavy atom. The van der Waals surface area contributed by atoms with Gasteiger partial charge in [-0.25, -0.2) is 9.59 Å². The lowest BCUT2D eigenvalue weighted by molar-refractivity contribution is -0.140. The Hall–Kier alpha value is -4.14. The molecule has 1 aliphatic rings. The molecule has 2 atom stereocenters. The van der Waals surface area contributed by atoms with Gasteiger partial charge in [0.05, 0.1) is 0 Å². The molecule has 2 aromatic carbocycles. The van der Waals surface area contributed by atoms with Crippen LogP contribution >= 0.6 is 0 Å². The molecular formula is C26H28N4O5. The maximum Gasteiger partial charge on any atom is 0.412 e. The molecule has 0 aliphatic heterocycles. The van der Waals surface area contributed by atoms with Gasteiger partial charge in [0.1, 0.15) is 18.3 Å². The Balaban J connectivity index is 1.41. The number of carbonyl (C=O) groups is 3. The molecule has 0 bridgehead atoms. The van der Waals surface area contributed by atoms with Crippen LogP contribution in [-0.2, 0) is 16.6 Å². The highest BCUT2D eigenvalue weighted by Crippen LogP contribution is 2.44. The zero-order valence-electron chi connectivity index (χ0n) is 19.8. The number of fused-ring (bicyclic) bond motifs is 3. The number of ether oxygens (including phenoxy) is 1. The van der Waals surface area contributed by atoms with Crippen LogP contribution in [0.1, 0.15) is 47.8 Å². The summed E-state index contributed by atoms with van der Waals surface area (Å²) in [5.74, 6) is -1.89. The number of rotatable bonds is 8. The van der Waals surface area contributed by atoms with Gasteiger partial charge in [0.25, 0.3) is 5.91 Å². The lowest BCUT2D eigenvalue weighted by atomic mass is 9.98. The molecule has 0 saturated carbocycles. The van der Waals surface area contributed by atoms with Crippen molar-refractivity contribution in [1.82, 2.24) is 15.1 Å². The molecular weight excluding hydrogens is 448 g/mol. The number of carbonyl (C=O) groups excluding carboxylic acids is 2. The Kier molecular flexibility index (Phi) is 6.86. The molecule has 35 heavy (non-hydrogen) atoms. The minimum atomic E-state index is -1.10. The molecule has 0 saturated heterocycles. The third-order valence-electron chi connectivity index (χ3n) is 6.45. The maximum atomic E-state index is 12.7. The van der Waals surface area contributed by atoms with Crippen molar-refractivity contribution in [3.05, 3.63) is 71.4 Å². The van der Waals surface area contributed by atoms with E-state index in [2.05, 4.69) is 27.9 Å². The lowest BCUT2D eigenvalue weighted by Crippen LogP contribution is -2.45. The van der Waals surface area contributed by atoms with E-state index in [1.165, 1.54) is 17.8 Å². The van der Waals surface area contributed by atoms with Crippen LogP contribution in [0.25, 0.3) is 11.1 Å². The number of benzene rings is 2. The van der Waals surface area contributed by atoms with Crippen LogP contribution in [-0.4, -0.2) is 45.5 Å². The van der Waals surface area contributed by atoms with Gasteiger partial charge in [-0.2, -0.15) is 5.10 Å². The van der Waals surface area contributed by atoms with E-state index in [1.807, 2.05) is 43.3 Å². The summed E-state index contributed by atoms with van der Waals surface area (Å²) in [6.45, 7) is 3.76. The predicted molar refractivity (Wildman–Crippen MR) is 130 cm³/mol. The molecule has 2 unspecified atom stereocenters. The summed E-state index contributed by atoms with van der Waals surface area (Å²) < 4.78 is 6.80. The SMILES string of the molecule is CCC(C)C(NC(=O)c1cc(NC(=O)OCC2c3ccccc3-c3ccccc32)nn1C)C(=O)O. The normalized spacial score (nSPS) is 13.9. The number of aromatic nitrogens is 2. The molecule has 0 spiro atoms. The molecule has 3 aromatic rings. The molecule has 3 N–H and O–H groups in total. The highest BCUT2D eigenvalue weighted by molar-refractivity contribution is 5.96. The van der Waals surface area contributed by atoms with Crippen LogP contribution < -0.4 is 10.6 Å². The second-order valence-corrected chi connectivity index (χ2v) is 8.66. The maximum absolute atomic E-state index is 12.7. The third-order valence-corrected chi connectivity index (χ3v) is 6.45. The van der Waals surface area contributed by atoms with Crippen LogP contribution in [0.5, 0.6) is 0 Å². The lowest BCUT2D eigenvalue weighted by Gasteiger charge is -2.19. The zero-order valence-corrected chi connectivity index (χ0v) is 19.8. The van der Waals surface area contributed by atoms with Crippen LogP contribution in [0.4, 0.5) is 10.6 Å². The van der Waals surface area contributed by atoms with Crippen molar-refractivity contribution in [1.29, 1.82) is 0 Å². The Morgan fingerprint density at radius 3 is 2.26 bits per heavy atom. The topological polar surface area (TPSA) is 123 Å². The summed E-state index contributed by atoms with van der Waals surface area (Å²) in [6.07, 6.45) is -0.100. The molecule has 0 fully saturated rings. The Bertz CT molecular complexity index is 1220. The minimum Gasteiger partial charge on any atom is -0.480 e. The standard InChI is InChI=1S/C26H28N4O5/c1-4-15(2)23(25(32)33)28-24(31)21-13-22(29-30(21)3)27-26(34)35-14-20-18-11-7-5-9-16(18)17-10-6-8-12-19(17)20/h5-13,15,20,23H,4,14H2,1-3H3,(H,28,31)(H,32,33)(H,27,29,34). The van der Waals surface area contributed by atoms with Crippen LogP contribution in [0, 0.1) is 5.92 Å². The number of aliphatic carboxylic acids is 1. The molecule has 1 aromatic heterocycles. The van der Waals surface area contributed by atoms with Crippen molar-refractivity contribution in [2.75, 3.05) is 11.9 Å². The summed E-state index contributed by atoms with van der Waals surface area (Å²) in [6, 6.07) is 16.5. The van der Waals surface area contributed by atoms with E-state index in [0.717, 1.165) is 22.3 Å². The van der Waals surface area contributed by atoms with Crippen molar-refractivity contribution in [3.63, 3.8) is 0 Å². The average molecular weight is 477 g/mol. The predicted octanol–water partition coefficient (Wildman–Crippen LogP) is 4.01. The molecule has 9 nitrogen and oxygen atoms in total. The summed E-state index contributed by atoms with van der Waals surface area (Å²) in [4.78, 5) is 36.7. The number of hydrogen-bond acceptors (Lipinski definition) is 5. The number of hydrogen-bond donors (Lipinski definition) is 3. The number of carboxylic acid groups (broad SMARTS) is 1. The molecule has 2 amide bonds. The van der Waals surface area contributed by atoms with Gasteiger partial charge in [0.15, 0.2) is 5.82 Å². The number of aryl methyl sites for hydroxylation is 1. The number of amides is 2. The first kappa shape index (κ1) is 24.0. The fraction of sp³-hybridized carbons (Fsp3) is 0.308. The second kappa shape index (κ2) is 10.0. The van der Waals surface area contributed by atoms with Gasteiger partial charge in [-0.05, 0) is 28.2 Å². The fourth-order valence-corrected chi connectivity index (χ4v) is 4.38. The first-order valence-corrected chi connectivity index (χ1v) is 11.5. The van der Waals surface area contributed by atoms with Gasteiger partial charge in [-0.15, -0.1) is 0 Å². The summed E-state index contributed by atoms with van der Waals surface area (Å²) in [5, 5.41) is 18.6. The van der Waals surface area contributed by atoms with E-state index < -0.39 is 24.0 Å². The van der Waals surface area contributed by atoms with E-state index in [4.69, 9.17) is 4.74 Å². The molecule has 1 aliphatic carbocycles. The third kappa shape index (κ3) is 4.89. The van der Waals surface area contributed by atoms with Gasteiger partial charge in [0, 0.05) is 19.0 Å². The van der Waals surface area contributed by atoms with Crippen molar-refractivity contribution in [2.45, 2.75) is 32.2 Å². The number of nitrogens with zero attached hydrogens (tertiary/aromatic N) is 2. The molecule has 9 heteroatoms. The van der Waals surface area contributed by atoms with Gasteiger partial charge >= 0.3 is 12.1 Å². The summed E-state index contributed by atoms with van der Waals surface area (Å²) in [7, 11) is 1.54. The quantitative estimate of drug-likeness (QED) is 0.452. The highest BCUT2D eigenvalue weighted by atomic mass is 16.5. The van der Waals surface area contributed by atoms with E-state index >= 15 is 0 Å². The van der Waals surface area contributed by atoms with Gasteiger partial charge < -0.3 is 15.2 Å². The van der Waals surface area contributed by atoms with Crippen LogP contribution in [0.15, 0.2) is 54.6 Å². The first-order chi connectivity index (χ1) is 16.8. The van der Waals surface area contributed by atoms with Crippen molar-refractivity contribution < 1.29 is 24.2 Å². The van der Waals surface area contributed by atoms with Crippen LogP contribution in [0.3, 0.4) is 0 Å². The van der Waals surface area contributed by atoms with E-state index in [9.17, 15) is 19.5 Å².